The maximum atomic E-state index is 12.3. The van der Waals surface area contributed by atoms with Crippen LogP contribution in [-0.4, -0.2) is 37.1 Å². The van der Waals surface area contributed by atoms with Crippen molar-refractivity contribution in [3.63, 3.8) is 0 Å². The summed E-state index contributed by atoms with van der Waals surface area (Å²) in [5.74, 6) is -0.139. The van der Waals surface area contributed by atoms with Crippen LogP contribution < -0.4 is 0 Å². The molecular formula is C16H28ClNO2S. The summed E-state index contributed by atoms with van der Waals surface area (Å²) in [7, 11) is 0. The Hall–Kier alpha value is -0.580. The van der Waals surface area contributed by atoms with Gasteiger partial charge in [-0.05, 0) is 31.0 Å². The van der Waals surface area contributed by atoms with Crippen LogP contribution >= 0.6 is 23.7 Å². The molecule has 0 fully saturated rings. The average molecular weight is 334 g/mol. The summed E-state index contributed by atoms with van der Waals surface area (Å²) in [4.78, 5) is 15.7. The number of ether oxygens (including phenoxy) is 1. The lowest BCUT2D eigenvalue weighted by molar-refractivity contribution is -0.146. The van der Waals surface area contributed by atoms with Gasteiger partial charge in [0, 0.05) is 11.4 Å². The van der Waals surface area contributed by atoms with Crippen molar-refractivity contribution >= 4 is 29.7 Å². The van der Waals surface area contributed by atoms with E-state index in [4.69, 9.17) is 4.74 Å². The lowest BCUT2D eigenvalue weighted by Crippen LogP contribution is -2.28. The standard InChI is InChI=1S/C16H27NO2S.ClH/c1-4-7-9-14(15-10-8-13-20-15)16(18)19-12-11-17(5-2)6-3;/h8,10,13-14H,4-7,9,11-12H2,1-3H3;1H. The van der Waals surface area contributed by atoms with Crippen LogP contribution in [0.25, 0.3) is 0 Å². The monoisotopic (exact) mass is 333 g/mol. The van der Waals surface area contributed by atoms with Gasteiger partial charge in [-0.25, -0.2) is 0 Å². The molecule has 1 aromatic rings. The molecule has 1 rings (SSSR count). The third-order valence-corrected chi connectivity index (χ3v) is 4.55. The smallest absolute Gasteiger partial charge is 0.314 e. The van der Waals surface area contributed by atoms with E-state index >= 15 is 0 Å². The third-order valence-electron chi connectivity index (χ3n) is 3.56. The maximum Gasteiger partial charge on any atom is 0.314 e. The molecule has 21 heavy (non-hydrogen) atoms. The molecule has 0 saturated carbocycles. The first-order chi connectivity index (χ1) is 9.72. The highest BCUT2D eigenvalue weighted by Gasteiger charge is 2.22. The lowest BCUT2D eigenvalue weighted by Gasteiger charge is -2.19. The first kappa shape index (κ1) is 20.4. The van der Waals surface area contributed by atoms with Crippen molar-refractivity contribution in [2.45, 2.75) is 46.0 Å². The minimum Gasteiger partial charge on any atom is -0.464 e. The van der Waals surface area contributed by atoms with Crippen molar-refractivity contribution in [3.8, 4) is 0 Å². The normalized spacial score (nSPS) is 12.0. The number of likely N-dealkylation sites (N-methyl/N-ethyl adjacent to an activating group) is 1. The largest absolute Gasteiger partial charge is 0.464 e. The summed E-state index contributed by atoms with van der Waals surface area (Å²) in [5, 5.41) is 2.03. The van der Waals surface area contributed by atoms with Crippen molar-refractivity contribution in [2.75, 3.05) is 26.2 Å². The Balaban J connectivity index is 0.00000400. The van der Waals surface area contributed by atoms with Gasteiger partial charge >= 0.3 is 5.97 Å². The Kier molecular flexibility index (Phi) is 11.7. The fraction of sp³-hybridized carbons (Fsp3) is 0.688. The molecule has 1 heterocycles. The van der Waals surface area contributed by atoms with E-state index < -0.39 is 0 Å². The molecule has 0 aliphatic rings. The first-order valence-corrected chi connectivity index (χ1v) is 8.53. The maximum absolute atomic E-state index is 12.3. The molecular weight excluding hydrogens is 306 g/mol. The van der Waals surface area contributed by atoms with Gasteiger partial charge in [-0.15, -0.1) is 23.7 Å². The Morgan fingerprint density at radius 3 is 2.57 bits per heavy atom. The summed E-state index contributed by atoms with van der Waals surface area (Å²) in [6.07, 6.45) is 3.06. The number of unbranched alkanes of at least 4 members (excludes halogenated alkanes) is 1. The van der Waals surface area contributed by atoms with E-state index in [2.05, 4.69) is 25.7 Å². The van der Waals surface area contributed by atoms with Crippen molar-refractivity contribution in [1.29, 1.82) is 0 Å². The van der Waals surface area contributed by atoms with E-state index in [1.165, 1.54) is 0 Å². The summed E-state index contributed by atoms with van der Waals surface area (Å²) < 4.78 is 5.49. The van der Waals surface area contributed by atoms with Crippen LogP contribution in [0.1, 0.15) is 50.8 Å². The van der Waals surface area contributed by atoms with E-state index in [0.717, 1.165) is 43.8 Å². The summed E-state index contributed by atoms with van der Waals surface area (Å²) in [5.41, 5.74) is 0. The molecule has 1 atom stereocenters. The van der Waals surface area contributed by atoms with Crippen LogP contribution in [0.4, 0.5) is 0 Å². The zero-order valence-electron chi connectivity index (χ0n) is 13.3. The molecule has 5 heteroatoms. The minimum absolute atomic E-state index is 0. The number of carbonyl (C=O) groups excluding carboxylic acids is 1. The lowest BCUT2D eigenvalue weighted by atomic mass is 10.0. The second kappa shape index (κ2) is 12.0. The molecule has 0 aromatic carbocycles. The van der Waals surface area contributed by atoms with Gasteiger partial charge in [0.2, 0.25) is 0 Å². The number of hydrogen-bond donors (Lipinski definition) is 0. The minimum atomic E-state index is -0.0772. The quantitative estimate of drug-likeness (QED) is 0.597. The molecule has 0 aliphatic carbocycles. The summed E-state index contributed by atoms with van der Waals surface area (Å²) in [6.45, 7) is 9.72. The third kappa shape index (κ3) is 7.30. The fourth-order valence-corrected chi connectivity index (χ4v) is 3.04. The molecule has 0 amide bonds. The Morgan fingerprint density at radius 1 is 1.33 bits per heavy atom. The molecule has 3 nitrogen and oxygen atoms in total. The van der Waals surface area contributed by atoms with Crippen molar-refractivity contribution < 1.29 is 9.53 Å². The molecule has 122 valence electrons. The molecule has 0 bridgehead atoms. The van der Waals surface area contributed by atoms with Gasteiger partial charge < -0.3 is 9.64 Å². The van der Waals surface area contributed by atoms with E-state index in [9.17, 15) is 4.79 Å². The van der Waals surface area contributed by atoms with Crippen LogP contribution in [0.2, 0.25) is 0 Å². The van der Waals surface area contributed by atoms with Crippen LogP contribution in [0.3, 0.4) is 0 Å². The number of carbonyl (C=O) groups is 1. The summed E-state index contributed by atoms with van der Waals surface area (Å²) >= 11 is 1.65. The second-order valence-electron chi connectivity index (χ2n) is 4.90. The topological polar surface area (TPSA) is 29.5 Å². The van der Waals surface area contributed by atoms with Crippen LogP contribution in [0.5, 0.6) is 0 Å². The van der Waals surface area contributed by atoms with Crippen LogP contribution in [-0.2, 0) is 9.53 Å². The molecule has 1 unspecified atom stereocenters. The Morgan fingerprint density at radius 2 is 2.05 bits per heavy atom. The highest BCUT2D eigenvalue weighted by Crippen LogP contribution is 2.27. The van der Waals surface area contributed by atoms with Gasteiger partial charge in [-0.3, -0.25) is 4.79 Å². The molecule has 0 radical (unpaired) electrons. The predicted octanol–water partition coefficient (Wildman–Crippen LogP) is 4.33. The number of thiophene rings is 1. The van der Waals surface area contributed by atoms with E-state index in [1.807, 2.05) is 17.5 Å². The second-order valence-corrected chi connectivity index (χ2v) is 5.88. The number of esters is 1. The van der Waals surface area contributed by atoms with Gasteiger partial charge in [0.25, 0.3) is 0 Å². The SMILES string of the molecule is CCCCC(C(=O)OCCN(CC)CC)c1cccs1.Cl. The number of nitrogens with zero attached hydrogens (tertiary/aromatic N) is 1. The zero-order chi connectivity index (χ0) is 14.8. The zero-order valence-corrected chi connectivity index (χ0v) is 15.0. The van der Waals surface area contributed by atoms with E-state index in [-0.39, 0.29) is 24.3 Å². The molecule has 0 aliphatic heterocycles. The van der Waals surface area contributed by atoms with Crippen molar-refractivity contribution in [3.05, 3.63) is 22.4 Å². The molecule has 1 aromatic heterocycles. The van der Waals surface area contributed by atoms with Gasteiger partial charge in [-0.1, -0.05) is 39.7 Å². The molecule has 0 saturated heterocycles. The number of rotatable bonds is 10. The van der Waals surface area contributed by atoms with Crippen molar-refractivity contribution in [2.24, 2.45) is 0 Å². The molecule has 0 N–H and O–H groups in total. The van der Waals surface area contributed by atoms with Gasteiger partial charge in [-0.2, -0.15) is 0 Å². The Bertz CT molecular complexity index is 366. The Labute approximate surface area is 139 Å². The van der Waals surface area contributed by atoms with Crippen LogP contribution in [0, 0.1) is 0 Å². The van der Waals surface area contributed by atoms with Gasteiger partial charge in [0.1, 0.15) is 6.61 Å². The van der Waals surface area contributed by atoms with Gasteiger partial charge in [0.05, 0.1) is 5.92 Å². The fourth-order valence-electron chi connectivity index (χ4n) is 2.19. The average Bonchev–Trinajstić information content (AvgIpc) is 2.98. The first-order valence-electron chi connectivity index (χ1n) is 7.65. The highest BCUT2D eigenvalue weighted by atomic mass is 35.5. The number of halogens is 1. The van der Waals surface area contributed by atoms with Gasteiger partial charge in [0.15, 0.2) is 0 Å². The predicted molar refractivity (Wildman–Crippen MR) is 92.6 cm³/mol. The summed E-state index contributed by atoms with van der Waals surface area (Å²) in [6, 6.07) is 4.04. The number of hydrogen-bond acceptors (Lipinski definition) is 4. The van der Waals surface area contributed by atoms with Crippen LogP contribution in [0.15, 0.2) is 17.5 Å². The van der Waals surface area contributed by atoms with Crippen molar-refractivity contribution in [1.82, 2.24) is 4.90 Å². The highest BCUT2D eigenvalue weighted by molar-refractivity contribution is 7.10. The molecule has 0 spiro atoms. The van der Waals surface area contributed by atoms with E-state index in [1.54, 1.807) is 11.3 Å². The van der Waals surface area contributed by atoms with E-state index in [0.29, 0.717) is 6.61 Å².